The van der Waals surface area contributed by atoms with E-state index >= 15 is 0 Å². The number of nitrogens with zero attached hydrogens (tertiary/aromatic N) is 1. The van der Waals surface area contributed by atoms with Crippen LogP contribution in [-0.4, -0.2) is 13.4 Å². The lowest BCUT2D eigenvalue weighted by molar-refractivity contribution is 1.21. The minimum absolute atomic E-state index is 0.682. The van der Waals surface area contributed by atoms with E-state index in [9.17, 15) is 0 Å². The molecule has 0 amide bonds. The lowest BCUT2D eigenvalue weighted by atomic mass is 10.2. The average molecular weight is 183 g/mol. The van der Waals surface area contributed by atoms with Crippen molar-refractivity contribution in [2.45, 2.75) is 6.92 Å². The van der Waals surface area contributed by atoms with Crippen LogP contribution in [0, 0.1) is 6.92 Å². The molecule has 1 rings (SSSR count). The zero-order chi connectivity index (χ0) is 8.97. The fourth-order valence-corrected chi connectivity index (χ4v) is 1.13. The summed E-state index contributed by atoms with van der Waals surface area (Å²) in [5, 5.41) is 3.49. The fraction of sp³-hybridized carbons (Fsp3) is 0.222. The van der Waals surface area contributed by atoms with Gasteiger partial charge in [-0.2, -0.15) is 0 Å². The third-order valence-corrected chi connectivity index (χ3v) is 1.74. The van der Waals surface area contributed by atoms with E-state index in [-0.39, 0.29) is 0 Å². The summed E-state index contributed by atoms with van der Waals surface area (Å²) >= 11 is 5.92. The molecule has 0 radical (unpaired) electrons. The summed E-state index contributed by atoms with van der Waals surface area (Å²) in [6, 6.07) is 5.77. The molecule has 64 valence electrons. The van der Waals surface area contributed by atoms with Crippen molar-refractivity contribution in [3.63, 3.8) is 0 Å². The van der Waals surface area contributed by atoms with Crippen molar-refractivity contribution < 1.29 is 0 Å². The molecule has 0 aliphatic heterocycles. The highest BCUT2D eigenvalue weighted by atomic mass is 35.5. The van der Waals surface area contributed by atoms with Crippen molar-refractivity contribution >= 4 is 23.6 Å². The summed E-state index contributed by atoms with van der Waals surface area (Å²) in [6.07, 6.45) is 1.61. The number of halogens is 1. The number of hydrogen-bond donors (Lipinski definition) is 1. The van der Waals surface area contributed by atoms with Crippen LogP contribution in [0.5, 0.6) is 0 Å². The van der Waals surface area contributed by atoms with Gasteiger partial charge in [0.2, 0.25) is 0 Å². The number of hydrogen-bond acceptors (Lipinski definition) is 1. The molecule has 1 N–H and O–H groups in total. The second kappa shape index (κ2) is 4.12. The molecule has 1 aromatic carbocycles. The van der Waals surface area contributed by atoms with Crippen LogP contribution in [0.1, 0.15) is 5.56 Å². The number of aryl methyl sites for hydroxylation is 1. The normalized spacial score (nSPS) is 10.6. The zero-order valence-electron chi connectivity index (χ0n) is 7.13. The van der Waals surface area contributed by atoms with Gasteiger partial charge in [-0.05, 0) is 24.6 Å². The summed E-state index contributed by atoms with van der Waals surface area (Å²) in [4.78, 5) is 4.10. The molecule has 2 nitrogen and oxygen atoms in total. The summed E-state index contributed by atoms with van der Waals surface area (Å²) in [7, 11) is 1.80. The largest absolute Gasteiger partial charge is 0.379 e. The van der Waals surface area contributed by atoms with Crippen LogP contribution in [0.3, 0.4) is 0 Å². The predicted molar refractivity (Wildman–Crippen MR) is 53.4 cm³/mol. The Labute approximate surface area is 77.3 Å². The van der Waals surface area contributed by atoms with Crippen LogP contribution in [0.2, 0.25) is 5.02 Å². The highest BCUT2D eigenvalue weighted by Crippen LogP contribution is 2.24. The van der Waals surface area contributed by atoms with Crippen molar-refractivity contribution in [3.05, 3.63) is 28.8 Å². The van der Waals surface area contributed by atoms with Gasteiger partial charge in [0.25, 0.3) is 0 Å². The molecule has 0 aliphatic rings. The molecule has 0 fully saturated rings. The van der Waals surface area contributed by atoms with Gasteiger partial charge in [-0.25, -0.2) is 4.99 Å². The molecule has 0 saturated carbocycles. The second-order valence-electron chi connectivity index (χ2n) is 2.50. The molecule has 1 aromatic rings. The van der Waals surface area contributed by atoms with Gasteiger partial charge in [0.15, 0.2) is 0 Å². The Morgan fingerprint density at radius 3 is 2.83 bits per heavy atom. The summed E-state index contributed by atoms with van der Waals surface area (Å²) in [5.74, 6) is 0. The lowest BCUT2D eigenvalue weighted by Crippen LogP contribution is -1.99. The maximum atomic E-state index is 5.92. The Bertz CT molecular complexity index is 295. The Morgan fingerprint density at radius 2 is 2.25 bits per heavy atom. The van der Waals surface area contributed by atoms with E-state index < -0.39 is 0 Å². The van der Waals surface area contributed by atoms with Gasteiger partial charge in [-0.1, -0.05) is 17.7 Å². The lowest BCUT2D eigenvalue weighted by Gasteiger charge is -1.98. The first-order valence-electron chi connectivity index (χ1n) is 3.70. The van der Waals surface area contributed by atoms with Crippen LogP contribution in [0.4, 0.5) is 5.69 Å². The van der Waals surface area contributed by atoms with E-state index in [1.165, 1.54) is 0 Å². The SMILES string of the molecule is CN/C=N/c1ccc(C)cc1Cl. The maximum absolute atomic E-state index is 5.92. The highest BCUT2D eigenvalue weighted by Gasteiger charge is 1.96. The third-order valence-electron chi connectivity index (χ3n) is 1.44. The molecule has 0 aromatic heterocycles. The molecule has 3 heteroatoms. The Kier molecular flexibility index (Phi) is 3.11. The van der Waals surface area contributed by atoms with Crippen molar-refractivity contribution in [2.75, 3.05) is 7.05 Å². The summed E-state index contributed by atoms with van der Waals surface area (Å²) < 4.78 is 0. The first-order valence-corrected chi connectivity index (χ1v) is 4.08. The molecular weight excluding hydrogens is 172 g/mol. The van der Waals surface area contributed by atoms with Crippen molar-refractivity contribution in [1.82, 2.24) is 5.32 Å². The molecule has 0 bridgehead atoms. The van der Waals surface area contributed by atoms with Crippen LogP contribution >= 0.6 is 11.6 Å². The smallest absolute Gasteiger partial charge is 0.0884 e. The van der Waals surface area contributed by atoms with Crippen molar-refractivity contribution in [2.24, 2.45) is 4.99 Å². The van der Waals surface area contributed by atoms with Gasteiger partial charge < -0.3 is 5.32 Å². The van der Waals surface area contributed by atoms with E-state index in [4.69, 9.17) is 11.6 Å². The van der Waals surface area contributed by atoms with Gasteiger partial charge in [0.05, 0.1) is 17.0 Å². The fourth-order valence-electron chi connectivity index (χ4n) is 0.851. The molecule has 12 heavy (non-hydrogen) atoms. The molecule has 0 unspecified atom stereocenters. The summed E-state index contributed by atoms with van der Waals surface area (Å²) in [6.45, 7) is 2.00. The quantitative estimate of drug-likeness (QED) is 0.552. The van der Waals surface area contributed by atoms with Crippen molar-refractivity contribution in [3.8, 4) is 0 Å². The minimum Gasteiger partial charge on any atom is -0.379 e. The van der Waals surface area contributed by atoms with E-state index in [0.717, 1.165) is 11.3 Å². The molecular formula is C9H11ClN2. The predicted octanol–water partition coefficient (Wildman–Crippen LogP) is 2.53. The van der Waals surface area contributed by atoms with Gasteiger partial charge in [-0.15, -0.1) is 0 Å². The zero-order valence-corrected chi connectivity index (χ0v) is 7.89. The Hall–Kier alpha value is -1.02. The molecule has 0 heterocycles. The molecule has 0 atom stereocenters. The molecule has 0 spiro atoms. The molecule has 0 aliphatic carbocycles. The van der Waals surface area contributed by atoms with Crippen LogP contribution < -0.4 is 5.32 Å². The van der Waals surface area contributed by atoms with Crippen LogP contribution in [-0.2, 0) is 0 Å². The number of rotatable bonds is 2. The van der Waals surface area contributed by atoms with Crippen molar-refractivity contribution in [1.29, 1.82) is 0 Å². The molecule has 0 saturated heterocycles. The van der Waals surface area contributed by atoms with Gasteiger partial charge in [-0.3, -0.25) is 0 Å². The average Bonchev–Trinajstić information content (AvgIpc) is 2.03. The van der Waals surface area contributed by atoms with E-state index in [1.807, 2.05) is 25.1 Å². The first-order chi connectivity index (χ1) is 5.74. The van der Waals surface area contributed by atoms with Crippen LogP contribution in [0.25, 0.3) is 0 Å². The highest BCUT2D eigenvalue weighted by molar-refractivity contribution is 6.33. The second-order valence-corrected chi connectivity index (χ2v) is 2.91. The van der Waals surface area contributed by atoms with E-state index in [2.05, 4.69) is 10.3 Å². The Balaban J connectivity index is 2.94. The van der Waals surface area contributed by atoms with Gasteiger partial charge >= 0.3 is 0 Å². The van der Waals surface area contributed by atoms with E-state index in [1.54, 1.807) is 13.4 Å². The maximum Gasteiger partial charge on any atom is 0.0884 e. The van der Waals surface area contributed by atoms with Gasteiger partial charge in [0, 0.05) is 7.05 Å². The Morgan fingerprint density at radius 1 is 1.50 bits per heavy atom. The van der Waals surface area contributed by atoms with E-state index in [0.29, 0.717) is 5.02 Å². The van der Waals surface area contributed by atoms with Gasteiger partial charge in [0.1, 0.15) is 0 Å². The monoisotopic (exact) mass is 182 g/mol. The van der Waals surface area contributed by atoms with Crippen LogP contribution in [0.15, 0.2) is 23.2 Å². The number of benzene rings is 1. The first kappa shape index (κ1) is 9.07. The number of nitrogens with one attached hydrogen (secondary N) is 1. The third kappa shape index (κ3) is 2.24. The topological polar surface area (TPSA) is 24.4 Å². The summed E-state index contributed by atoms with van der Waals surface area (Å²) in [5.41, 5.74) is 1.93. The minimum atomic E-state index is 0.682. The standard InChI is InChI=1S/C9H11ClN2/c1-7-3-4-9(8(10)5-7)12-6-11-2/h3-6H,1-2H3,(H,11,12). The number of aliphatic imine (C=N–C) groups is 1.